The molecule has 1 aliphatic carbocycles. The number of rotatable bonds is 5. The third kappa shape index (κ3) is 2.72. The molecule has 0 unspecified atom stereocenters. The molecule has 3 N–H and O–H groups in total. The van der Waals surface area contributed by atoms with Crippen molar-refractivity contribution in [3.63, 3.8) is 0 Å². The van der Waals surface area contributed by atoms with Crippen molar-refractivity contribution in [1.29, 1.82) is 0 Å². The first-order valence-corrected chi connectivity index (χ1v) is 6.05. The van der Waals surface area contributed by atoms with Crippen molar-refractivity contribution in [3.8, 4) is 0 Å². The molecule has 1 saturated heterocycles. The Morgan fingerprint density at radius 3 is 2.62 bits per heavy atom. The highest BCUT2D eigenvalue weighted by Gasteiger charge is 2.48. The van der Waals surface area contributed by atoms with Gasteiger partial charge in [0.25, 0.3) is 0 Å². The van der Waals surface area contributed by atoms with Crippen LogP contribution in [0.4, 0.5) is 0 Å². The van der Waals surface area contributed by atoms with Crippen molar-refractivity contribution in [2.75, 3.05) is 45.9 Å². The second kappa shape index (κ2) is 5.12. The van der Waals surface area contributed by atoms with Crippen molar-refractivity contribution in [1.82, 2.24) is 10.2 Å². The van der Waals surface area contributed by atoms with E-state index in [-0.39, 0.29) is 11.3 Å². The van der Waals surface area contributed by atoms with E-state index >= 15 is 0 Å². The average molecular weight is 227 g/mol. The molecule has 0 spiro atoms. The monoisotopic (exact) mass is 227 g/mol. The first-order valence-electron chi connectivity index (χ1n) is 6.05. The molecule has 5 heteroatoms. The molecule has 2 rings (SSSR count). The maximum absolute atomic E-state index is 11.8. The van der Waals surface area contributed by atoms with E-state index in [1.165, 1.54) is 0 Å². The molecule has 16 heavy (non-hydrogen) atoms. The van der Waals surface area contributed by atoms with Crippen molar-refractivity contribution >= 4 is 5.91 Å². The summed E-state index contributed by atoms with van der Waals surface area (Å²) >= 11 is 0. The van der Waals surface area contributed by atoms with Crippen molar-refractivity contribution < 1.29 is 9.53 Å². The van der Waals surface area contributed by atoms with Crippen molar-refractivity contribution in [2.45, 2.75) is 12.8 Å². The normalized spacial score (nSPS) is 24.1. The van der Waals surface area contributed by atoms with Gasteiger partial charge < -0.3 is 15.8 Å². The Labute approximate surface area is 96.3 Å². The van der Waals surface area contributed by atoms with Gasteiger partial charge >= 0.3 is 0 Å². The SMILES string of the molecule is NCC1(C(=O)NCCN2CCOCC2)CC1. The highest BCUT2D eigenvalue weighted by Crippen LogP contribution is 2.44. The zero-order valence-corrected chi connectivity index (χ0v) is 9.71. The molecule has 1 saturated carbocycles. The largest absolute Gasteiger partial charge is 0.379 e. The Hall–Kier alpha value is -0.650. The third-order valence-corrected chi connectivity index (χ3v) is 3.54. The first-order chi connectivity index (χ1) is 7.77. The number of hydrogen-bond donors (Lipinski definition) is 2. The summed E-state index contributed by atoms with van der Waals surface area (Å²) in [5, 5.41) is 2.98. The highest BCUT2D eigenvalue weighted by atomic mass is 16.5. The number of hydrogen-bond acceptors (Lipinski definition) is 4. The molecular weight excluding hydrogens is 206 g/mol. The highest BCUT2D eigenvalue weighted by molar-refractivity contribution is 5.85. The van der Waals surface area contributed by atoms with Crippen molar-refractivity contribution in [2.24, 2.45) is 11.1 Å². The number of nitrogens with one attached hydrogen (secondary N) is 1. The lowest BCUT2D eigenvalue weighted by Crippen LogP contribution is -2.43. The van der Waals surface area contributed by atoms with E-state index in [0.29, 0.717) is 6.54 Å². The Balaban J connectivity index is 1.62. The smallest absolute Gasteiger partial charge is 0.227 e. The number of amides is 1. The molecular formula is C11H21N3O2. The molecule has 0 atom stereocenters. The van der Waals surface area contributed by atoms with Crippen LogP contribution in [0.15, 0.2) is 0 Å². The van der Waals surface area contributed by atoms with Gasteiger partial charge in [0.2, 0.25) is 5.91 Å². The minimum atomic E-state index is -0.217. The van der Waals surface area contributed by atoms with Crippen LogP contribution in [0.25, 0.3) is 0 Å². The van der Waals surface area contributed by atoms with Gasteiger partial charge in [0, 0.05) is 32.7 Å². The van der Waals surface area contributed by atoms with E-state index in [2.05, 4.69) is 10.2 Å². The van der Waals surface area contributed by atoms with Crippen LogP contribution in [0.5, 0.6) is 0 Å². The zero-order chi connectivity index (χ0) is 11.4. The van der Waals surface area contributed by atoms with Crippen LogP contribution < -0.4 is 11.1 Å². The van der Waals surface area contributed by atoms with Crippen LogP contribution in [0, 0.1) is 5.41 Å². The minimum absolute atomic E-state index is 0.142. The second-order valence-electron chi connectivity index (χ2n) is 4.69. The van der Waals surface area contributed by atoms with Gasteiger partial charge in [-0.05, 0) is 12.8 Å². The van der Waals surface area contributed by atoms with E-state index in [1.807, 2.05) is 0 Å². The lowest BCUT2D eigenvalue weighted by molar-refractivity contribution is -0.126. The van der Waals surface area contributed by atoms with Crippen LogP contribution >= 0.6 is 0 Å². The molecule has 0 bridgehead atoms. The Morgan fingerprint density at radius 2 is 2.06 bits per heavy atom. The topological polar surface area (TPSA) is 67.6 Å². The predicted octanol–water partition coefficient (Wildman–Crippen LogP) is -0.826. The summed E-state index contributed by atoms with van der Waals surface area (Å²) in [5.41, 5.74) is 5.38. The summed E-state index contributed by atoms with van der Waals surface area (Å²) in [6, 6.07) is 0. The van der Waals surface area contributed by atoms with E-state index < -0.39 is 0 Å². The Morgan fingerprint density at radius 1 is 1.38 bits per heavy atom. The number of morpholine rings is 1. The lowest BCUT2D eigenvalue weighted by atomic mass is 10.1. The van der Waals surface area contributed by atoms with Crippen LogP contribution in [0.3, 0.4) is 0 Å². The molecule has 0 aromatic rings. The number of ether oxygens (including phenoxy) is 1. The molecule has 0 aromatic heterocycles. The summed E-state index contributed by atoms with van der Waals surface area (Å²) in [7, 11) is 0. The van der Waals surface area contributed by atoms with Crippen LogP contribution in [0.2, 0.25) is 0 Å². The fraction of sp³-hybridized carbons (Fsp3) is 0.909. The van der Waals surface area contributed by atoms with Crippen LogP contribution in [-0.4, -0.2) is 56.7 Å². The van der Waals surface area contributed by atoms with Gasteiger partial charge in [-0.3, -0.25) is 9.69 Å². The maximum atomic E-state index is 11.8. The van der Waals surface area contributed by atoms with Crippen LogP contribution in [-0.2, 0) is 9.53 Å². The fourth-order valence-corrected chi connectivity index (χ4v) is 2.01. The predicted molar refractivity (Wildman–Crippen MR) is 61.0 cm³/mol. The number of nitrogens with two attached hydrogens (primary N) is 1. The zero-order valence-electron chi connectivity index (χ0n) is 9.71. The fourth-order valence-electron chi connectivity index (χ4n) is 2.01. The van der Waals surface area contributed by atoms with Gasteiger partial charge in [0.1, 0.15) is 0 Å². The van der Waals surface area contributed by atoms with Gasteiger partial charge in [0.05, 0.1) is 18.6 Å². The van der Waals surface area contributed by atoms with E-state index in [9.17, 15) is 4.79 Å². The van der Waals surface area contributed by atoms with Crippen molar-refractivity contribution in [3.05, 3.63) is 0 Å². The quantitative estimate of drug-likeness (QED) is 0.643. The molecule has 1 heterocycles. The number of carbonyl (C=O) groups excluding carboxylic acids is 1. The standard InChI is InChI=1S/C11H21N3O2/c12-9-11(1-2-11)10(15)13-3-4-14-5-7-16-8-6-14/h1-9,12H2,(H,13,15). The molecule has 0 aromatic carbocycles. The molecule has 92 valence electrons. The second-order valence-corrected chi connectivity index (χ2v) is 4.69. The Bertz CT molecular complexity index is 248. The molecule has 5 nitrogen and oxygen atoms in total. The Kier molecular flexibility index (Phi) is 3.78. The summed E-state index contributed by atoms with van der Waals surface area (Å²) in [4.78, 5) is 14.1. The van der Waals surface area contributed by atoms with Crippen LogP contribution in [0.1, 0.15) is 12.8 Å². The lowest BCUT2D eigenvalue weighted by Gasteiger charge is -2.26. The molecule has 0 radical (unpaired) electrons. The summed E-state index contributed by atoms with van der Waals surface area (Å²) < 4.78 is 5.26. The molecule has 1 aliphatic heterocycles. The van der Waals surface area contributed by atoms with Gasteiger partial charge in [0.15, 0.2) is 0 Å². The molecule has 1 amide bonds. The summed E-state index contributed by atoms with van der Waals surface area (Å²) in [5.74, 6) is 0.142. The average Bonchev–Trinajstić information content (AvgIpc) is 3.11. The van der Waals surface area contributed by atoms with Gasteiger partial charge in [-0.2, -0.15) is 0 Å². The van der Waals surface area contributed by atoms with Gasteiger partial charge in [-0.25, -0.2) is 0 Å². The summed E-state index contributed by atoms with van der Waals surface area (Å²) in [6.07, 6.45) is 1.90. The molecule has 2 fully saturated rings. The number of nitrogens with zero attached hydrogens (tertiary/aromatic N) is 1. The van der Waals surface area contributed by atoms with Gasteiger partial charge in [-0.1, -0.05) is 0 Å². The van der Waals surface area contributed by atoms with E-state index in [0.717, 1.165) is 52.2 Å². The maximum Gasteiger partial charge on any atom is 0.227 e. The third-order valence-electron chi connectivity index (χ3n) is 3.54. The minimum Gasteiger partial charge on any atom is -0.379 e. The van der Waals surface area contributed by atoms with Gasteiger partial charge in [-0.15, -0.1) is 0 Å². The van der Waals surface area contributed by atoms with E-state index in [1.54, 1.807) is 0 Å². The summed E-state index contributed by atoms with van der Waals surface area (Å²) in [6.45, 7) is 5.67. The van der Waals surface area contributed by atoms with E-state index in [4.69, 9.17) is 10.5 Å². The first kappa shape index (κ1) is 11.8. The number of carbonyl (C=O) groups is 1. The molecule has 2 aliphatic rings.